The number of nitrogens with one attached hydrogen (secondary N) is 1. The van der Waals surface area contributed by atoms with Crippen LogP contribution in [-0.2, 0) is 13.6 Å². The summed E-state index contributed by atoms with van der Waals surface area (Å²) in [6.45, 7) is 4.60. The van der Waals surface area contributed by atoms with E-state index in [9.17, 15) is 4.79 Å². The van der Waals surface area contributed by atoms with Crippen molar-refractivity contribution in [3.8, 4) is 0 Å². The number of benzene rings is 1. The third-order valence-corrected chi connectivity index (χ3v) is 4.31. The molecule has 8 heteroatoms. The first-order valence-corrected chi connectivity index (χ1v) is 9.00. The van der Waals surface area contributed by atoms with Gasteiger partial charge in [-0.2, -0.15) is 5.10 Å². The summed E-state index contributed by atoms with van der Waals surface area (Å²) in [5, 5.41) is 7.18. The molecule has 142 valence electrons. The van der Waals surface area contributed by atoms with Gasteiger partial charge in [0.1, 0.15) is 12.2 Å². The van der Waals surface area contributed by atoms with Crippen LogP contribution in [0.1, 0.15) is 37.8 Å². The van der Waals surface area contributed by atoms with E-state index < -0.39 is 0 Å². The molecule has 1 atom stereocenters. The summed E-state index contributed by atoms with van der Waals surface area (Å²) in [6, 6.07) is 7.30. The molecule has 0 aliphatic carbocycles. The summed E-state index contributed by atoms with van der Waals surface area (Å²) in [6.07, 6.45) is 3.99. The van der Waals surface area contributed by atoms with Gasteiger partial charge in [-0.1, -0.05) is 26.0 Å². The van der Waals surface area contributed by atoms with Crippen molar-refractivity contribution in [3.05, 3.63) is 48.3 Å². The van der Waals surface area contributed by atoms with E-state index in [-0.39, 0.29) is 12.1 Å². The molecule has 2 aromatic heterocycles. The molecule has 8 nitrogen and oxygen atoms in total. The second kappa shape index (κ2) is 8.11. The van der Waals surface area contributed by atoms with E-state index in [1.807, 2.05) is 31.3 Å². The third-order valence-electron chi connectivity index (χ3n) is 4.31. The average Bonchev–Trinajstić information content (AvgIpc) is 3.06. The normalized spacial score (nSPS) is 12.3. The zero-order chi connectivity index (χ0) is 19.4. The molecule has 3 rings (SSSR count). The number of urea groups is 1. The largest absolute Gasteiger partial charge is 0.328 e. The predicted octanol–water partition coefficient (Wildman–Crippen LogP) is 2.69. The minimum absolute atomic E-state index is 0.182. The van der Waals surface area contributed by atoms with Crippen LogP contribution in [0.25, 0.3) is 11.0 Å². The van der Waals surface area contributed by atoms with E-state index in [0.29, 0.717) is 12.5 Å². The van der Waals surface area contributed by atoms with E-state index in [1.165, 1.54) is 6.33 Å². The molecule has 0 aliphatic heterocycles. The van der Waals surface area contributed by atoms with Crippen molar-refractivity contribution in [2.45, 2.75) is 32.9 Å². The molecule has 1 unspecified atom stereocenters. The van der Waals surface area contributed by atoms with Gasteiger partial charge in [0.15, 0.2) is 0 Å². The number of fused-ring (bicyclic) bond motifs is 1. The fraction of sp³-hybridized carbons (Fsp3) is 0.421. The molecule has 2 amide bonds. The quantitative estimate of drug-likeness (QED) is 0.723. The second-order valence-electron chi connectivity index (χ2n) is 7.08. The smallest absolute Gasteiger partial charge is 0.318 e. The van der Waals surface area contributed by atoms with Gasteiger partial charge in [-0.15, -0.1) is 0 Å². The molecular formula is C19H25N7O. The molecule has 0 fully saturated rings. The fourth-order valence-corrected chi connectivity index (χ4v) is 2.97. The Bertz CT molecular complexity index is 921. The van der Waals surface area contributed by atoms with Gasteiger partial charge in [-0.3, -0.25) is 9.67 Å². The Balaban J connectivity index is 1.70. The predicted molar refractivity (Wildman–Crippen MR) is 103 cm³/mol. The monoisotopic (exact) mass is 367 g/mol. The Morgan fingerprint density at radius 3 is 2.63 bits per heavy atom. The highest BCUT2D eigenvalue weighted by molar-refractivity contribution is 5.75. The molecule has 1 aromatic carbocycles. The molecule has 0 saturated carbocycles. The molecule has 0 bridgehead atoms. The minimum atomic E-state index is -0.199. The van der Waals surface area contributed by atoms with Gasteiger partial charge in [0.2, 0.25) is 0 Å². The highest BCUT2D eigenvalue weighted by atomic mass is 16.2. The molecule has 27 heavy (non-hydrogen) atoms. The maximum absolute atomic E-state index is 12.7. The summed E-state index contributed by atoms with van der Waals surface area (Å²) < 4.78 is 1.70. The molecule has 3 aromatic rings. The fourth-order valence-electron chi connectivity index (χ4n) is 2.97. The zero-order valence-corrected chi connectivity index (χ0v) is 16.1. The lowest BCUT2D eigenvalue weighted by atomic mass is 10.0. The SMILES string of the molecule is CC(C)CC(NC(=O)N(C)Cc1cnc2ccccc2n1)c1ncnn1C. The van der Waals surface area contributed by atoms with Gasteiger partial charge in [-0.25, -0.2) is 14.8 Å². The number of nitrogens with zero attached hydrogens (tertiary/aromatic N) is 6. The maximum atomic E-state index is 12.7. The summed E-state index contributed by atoms with van der Waals surface area (Å²) in [5.41, 5.74) is 2.40. The number of hydrogen-bond acceptors (Lipinski definition) is 5. The van der Waals surface area contributed by atoms with Crippen molar-refractivity contribution < 1.29 is 4.79 Å². The van der Waals surface area contributed by atoms with Gasteiger partial charge >= 0.3 is 6.03 Å². The number of carbonyl (C=O) groups is 1. The van der Waals surface area contributed by atoms with Crippen molar-refractivity contribution in [1.29, 1.82) is 0 Å². The van der Waals surface area contributed by atoms with Crippen molar-refractivity contribution in [2.75, 3.05) is 7.05 Å². The van der Waals surface area contributed by atoms with Gasteiger partial charge in [0.05, 0.1) is 35.5 Å². The van der Waals surface area contributed by atoms with E-state index in [1.54, 1.807) is 22.8 Å². The van der Waals surface area contributed by atoms with Crippen LogP contribution in [0.4, 0.5) is 4.79 Å². The first kappa shape index (κ1) is 18.8. The summed E-state index contributed by atoms with van der Waals surface area (Å²) >= 11 is 0. The van der Waals surface area contributed by atoms with E-state index in [0.717, 1.165) is 29.0 Å². The maximum Gasteiger partial charge on any atom is 0.318 e. The van der Waals surface area contributed by atoms with Crippen LogP contribution in [0.5, 0.6) is 0 Å². The molecule has 0 aliphatic rings. The van der Waals surface area contributed by atoms with E-state index in [4.69, 9.17) is 0 Å². The van der Waals surface area contributed by atoms with E-state index >= 15 is 0 Å². The second-order valence-corrected chi connectivity index (χ2v) is 7.08. The number of carbonyl (C=O) groups excluding carboxylic acids is 1. The molecule has 0 saturated heterocycles. The van der Waals surface area contributed by atoms with Crippen LogP contribution in [0.3, 0.4) is 0 Å². The summed E-state index contributed by atoms with van der Waals surface area (Å²) in [5.74, 6) is 1.15. The molecule has 0 spiro atoms. The van der Waals surface area contributed by atoms with E-state index in [2.05, 4.69) is 39.2 Å². The average molecular weight is 367 g/mol. The van der Waals surface area contributed by atoms with Gasteiger partial charge < -0.3 is 10.2 Å². The number of para-hydroxylation sites is 2. The Morgan fingerprint density at radius 1 is 1.22 bits per heavy atom. The number of rotatable bonds is 6. The van der Waals surface area contributed by atoms with Crippen LogP contribution in [-0.4, -0.2) is 42.7 Å². The number of amides is 2. The Kier molecular flexibility index (Phi) is 5.63. The Morgan fingerprint density at radius 2 is 1.96 bits per heavy atom. The van der Waals surface area contributed by atoms with Gasteiger partial charge in [0.25, 0.3) is 0 Å². The lowest BCUT2D eigenvalue weighted by molar-refractivity contribution is 0.199. The van der Waals surface area contributed by atoms with Crippen LogP contribution < -0.4 is 5.32 Å². The van der Waals surface area contributed by atoms with Crippen LogP contribution >= 0.6 is 0 Å². The van der Waals surface area contributed by atoms with Crippen LogP contribution in [0, 0.1) is 5.92 Å². The van der Waals surface area contributed by atoms with Gasteiger partial charge in [-0.05, 0) is 24.5 Å². The number of hydrogen-bond donors (Lipinski definition) is 1. The summed E-state index contributed by atoms with van der Waals surface area (Å²) in [4.78, 5) is 27.6. The number of aryl methyl sites for hydroxylation is 1. The molecule has 0 radical (unpaired) electrons. The van der Waals surface area contributed by atoms with Gasteiger partial charge in [0, 0.05) is 14.1 Å². The Labute approximate surface area is 158 Å². The first-order valence-electron chi connectivity index (χ1n) is 9.00. The van der Waals surface area contributed by atoms with Crippen LogP contribution in [0.2, 0.25) is 0 Å². The number of aromatic nitrogens is 5. The van der Waals surface area contributed by atoms with Crippen molar-refractivity contribution in [2.24, 2.45) is 13.0 Å². The lowest BCUT2D eigenvalue weighted by Crippen LogP contribution is -2.40. The third kappa shape index (κ3) is 4.58. The highest BCUT2D eigenvalue weighted by Crippen LogP contribution is 2.19. The standard InChI is InChI=1S/C19H25N7O/c1-13(2)9-17(18-21-12-22-26(18)4)24-19(27)25(3)11-14-10-20-15-7-5-6-8-16(15)23-14/h5-8,10,12-13,17H,9,11H2,1-4H3,(H,24,27). The molecule has 2 heterocycles. The lowest BCUT2D eigenvalue weighted by Gasteiger charge is -2.24. The zero-order valence-electron chi connectivity index (χ0n) is 16.1. The summed E-state index contributed by atoms with van der Waals surface area (Å²) in [7, 11) is 3.57. The molecule has 1 N–H and O–H groups in total. The topological polar surface area (TPSA) is 88.8 Å². The van der Waals surface area contributed by atoms with Crippen molar-refractivity contribution in [3.63, 3.8) is 0 Å². The van der Waals surface area contributed by atoms with Crippen molar-refractivity contribution in [1.82, 2.24) is 34.9 Å². The van der Waals surface area contributed by atoms with Crippen molar-refractivity contribution >= 4 is 17.1 Å². The minimum Gasteiger partial charge on any atom is -0.328 e. The Hall–Kier alpha value is -3.03. The first-order chi connectivity index (χ1) is 12.9. The highest BCUT2D eigenvalue weighted by Gasteiger charge is 2.22. The van der Waals surface area contributed by atoms with Crippen LogP contribution in [0.15, 0.2) is 36.8 Å². The molecular weight excluding hydrogens is 342 g/mol.